The number of nitrogens with one attached hydrogen (secondary N) is 1. The lowest BCUT2D eigenvalue weighted by Gasteiger charge is -2.06. The number of halogens is 2. The van der Waals surface area contributed by atoms with Gasteiger partial charge < -0.3 is 4.98 Å². The monoisotopic (exact) mass is 355 g/mol. The van der Waals surface area contributed by atoms with Gasteiger partial charge in [-0.1, -0.05) is 39.2 Å². The second-order valence-corrected chi connectivity index (χ2v) is 7.39. The Kier molecular flexibility index (Phi) is 2.72. The van der Waals surface area contributed by atoms with Crippen molar-refractivity contribution in [2.75, 3.05) is 5.75 Å². The van der Waals surface area contributed by atoms with Gasteiger partial charge in [0.25, 0.3) is 5.65 Å². The van der Waals surface area contributed by atoms with Crippen LogP contribution in [0, 0.1) is 0 Å². The van der Waals surface area contributed by atoms with E-state index < -0.39 is 0 Å². The molecule has 3 aromatic rings. The van der Waals surface area contributed by atoms with Crippen LogP contribution in [-0.2, 0) is 0 Å². The fraction of sp³-hybridized carbons (Fsp3) is 0.250. The van der Waals surface area contributed by atoms with Crippen molar-refractivity contribution >= 4 is 61.4 Å². The second-order valence-electron chi connectivity index (χ2n) is 4.42. The standard InChI is InChI=1S/C12H8BrClN4S/c13-10(14)8-5-19-12-16-11-9(17-18(8)12)6-3-1-2-4-7(6)15-11/h1-4,8,10H,5H2/p+1. The van der Waals surface area contributed by atoms with Crippen LogP contribution in [0.4, 0.5) is 0 Å². The number of H-pyrrole nitrogens is 1. The maximum atomic E-state index is 6.16. The summed E-state index contributed by atoms with van der Waals surface area (Å²) in [4.78, 5) is 7.96. The second kappa shape index (κ2) is 4.33. The van der Waals surface area contributed by atoms with Crippen LogP contribution in [0.2, 0.25) is 0 Å². The van der Waals surface area contributed by atoms with E-state index in [1.54, 1.807) is 11.8 Å². The van der Waals surface area contributed by atoms with Gasteiger partial charge in [-0.3, -0.25) is 0 Å². The Hall–Kier alpha value is -0.850. The quantitative estimate of drug-likeness (QED) is 0.538. The molecule has 2 atom stereocenters. The fourth-order valence-corrected chi connectivity index (χ4v) is 4.39. The zero-order valence-electron chi connectivity index (χ0n) is 9.68. The van der Waals surface area contributed by atoms with Gasteiger partial charge in [0.2, 0.25) is 0 Å². The number of rotatable bonds is 1. The van der Waals surface area contributed by atoms with Crippen LogP contribution < -0.4 is 4.68 Å². The van der Waals surface area contributed by atoms with E-state index in [9.17, 15) is 0 Å². The SMILES string of the molecule is ClC(Br)C1CSc2nc3[nH]c4ccccc4c3n[n+]21. The molecule has 1 aromatic carbocycles. The number of alkyl halides is 2. The number of benzene rings is 1. The molecular formula is C12H9BrClN4S+. The summed E-state index contributed by atoms with van der Waals surface area (Å²) in [5.74, 6) is 0.893. The minimum absolute atomic E-state index is 0.132. The van der Waals surface area contributed by atoms with Crippen LogP contribution in [-0.4, -0.2) is 25.1 Å². The van der Waals surface area contributed by atoms with Crippen molar-refractivity contribution < 1.29 is 4.68 Å². The summed E-state index contributed by atoms with van der Waals surface area (Å²) in [5.41, 5.74) is 2.79. The summed E-state index contributed by atoms with van der Waals surface area (Å²) in [5, 5.41) is 6.74. The zero-order chi connectivity index (χ0) is 13.0. The highest BCUT2D eigenvalue weighted by atomic mass is 79.9. The zero-order valence-corrected chi connectivity index (χ0v) is 12.8. The normalized spacial score (nSPS) is 20.0. The van der Waals surface area contributed by atoms with E-state index in [1.807, 2.05) is 22.9 Å². The summed E-state index contributed by atoms with van der Waals surface area (Å²) in [6, 6.07) is 8.24. The van der Waals surface area contributed by atoms with E-state index in [4.69, 9.17) is 16.7 Å². The number of aromatic nitrogens is 4. The molecule has 96 valence electrons. The molecule has 4 rings (SSSR count). The average molecular weight is 357 g/mol. The van der Waals surface area contributed by atoms with Crippen molar-refractivity contribution in [2.45, 2.75) is 15.5 Å². The Morgan fingerprint density at radius 3 is 3.16 bits per heavy atom. The lowest BCUT2D eigenvalue weighted by Crippen LogP contribution is -2.45. The average Bonchev–Trinajstić information content (AvgIpc) is 2.96. The predicted octanol–water partition coefficient (Wildman–Crippen LogP) is 3.01. The minimum Gasteiger partial charge on any atom is -0.317 e. The first kappa shape index (κ1) is 11.9. The summed E-state index contributed by atoms with van der Waals surface area (Å²) in [6.45, 7) is 0. The molecule has 0 spiro atoms. The van der Waals surface area contributed by atoms with E-state index in [0.717, 1.165) is 33.0 Å². The molecule has 0 amide bonds. The van der Waals surface area contributed by atoms with E-state index in [1.165, 1.54) is 0 Å². The van der Waals surface area contributed by atoms with Crippen LogP contribution in [0.3, 0.4) is 0 Å². The molecule has 7 heteroatoms. The number of hydrogen-bond acceptors (Lipinski definition) is 3. The number of aromatic amines is 1. The maximum Gasteiger partial charge on any atom is 0.382 e. The third-order valence-electron chi connectivity index (χ3n) is 3.26. The number of nitrogens with zero attached hydrogens (tertiary/aromatic N) is 3. The number of para-hydroxylation sites is 1. The highest BCUT2D eigenvalue weighted by Gasteiger charge is 2.38. The third kappa shape index (κ3) is 1.77. The Bertz CT molecular complexity index is 788. The Balaban J connectivity index is 2.03. The number of thioether (sulfide) groups is 1. The van der Waals surface area contributed by atoms with Crippen molar-refractivity contribution in [3.63, 3.8) is 0 Å². The molecule has 4 nitrogen and oxygen atoms in total. The molecule has 3 heterocycles. The first-order valence-corrected chi connectivity index (χ1v) is 8.19. The van der Waals surface area contributed by atoms with E-state index in [2.05, 4.69) is 32.0 Å². The van der Waals surface area contributed by atoms with Gasteiger partial charge in [0.05, 0.1) is 11.3 Å². The summed E-state index contributed by atoms with van der Waals surface area (Å²) >= 11 is 11.3. The lowest BCUT2D eigenvalue weighted by molar-refractivity contribution is -0.799. The molecule has 1 aliphatic rings. The van der Waals surface area contributed by atoms with Crippen molar-refractivity contribution in [3.05, 3.63) is 24.3 Å². The highest BCUT2D eigenvalue weighted by Crippen LogP contribution is 2.32. The van der Waals surface area contributed by atoms with Crippen molar-refractivity contribution in [1.82, 2.24) is 15.1 Å². The molecule has 1 N–H and O–H groups in total. The van der Waals surface area contributed by atoms with Crippen molar-refractivity contribution in [3.8, 4) is 0 Å². The van der Waals surface area contributed by atoms with Gasteiger partial charge in [0.1, 0.15) is 4.29 Å². The van der Waals surface area contributed by atoms with Crippen LogP contribution in [0.5, 0.6) is 0 Å². The fourth-order valence-electron chi connectivity index (χ4n) is 2.32. The van der Waals surface area contributed by atoms with E-state index in [0.29, 0.717) is 0 Å². The van der Waals surface area contributed by atoms with E-state index >= 15 is 0 Å². The molecule has 2 aromatic heterocycles. The van der Waals surface area contributed by atoms with Gasteiger partial charge >= 0.3 is 5.16 Å². The van der Waals surface area contributed by atoms with Crippen LogP contribution in [0.1, 0.15) is 6.04 Å². The van der Waals surface area contributed by atoms with Gasteiger partial charge in [-0.15, -0.1) is 16.3 Å². The van der Waals surface area contributed by atoms with Gasteiger partial charge in [0.15, 0.2) is 11.6 Å². The molecule has 0 bridgehead atoms. The molecule has 0 saturated heterocycles. The molecule has 0 saturated carbocycles. The molecule has 19 heavy (non-hydrogen) atoms. The maximum absolute atomic E-state index is 6.16. The topological polar surface area (TPSA) is 45.5 Å². The number of fused-ring (bicyclic) bond motifs is 4. The predicted molar refractivity (Wildman–Crippen MR) is 79.9 cm³/mol. The Morgan fingerprint density at radius 2 is 2.32 bits per heavy atom. The molecule has 1 aliphatic heterocycles. The lowest BCUT2D eigenvalue weighted by atomic mass is 10.2. The van der Waals surface area contributed by atoms with Gasteiger partial charge in [0, 0.05) is 5.39 Å². The van der Waals surface area contributed by atoms with Crippen LogP contribution >= 0.6 is 39.3 Å². The number of hydrogen-bond donors (Lipinski definition) is 1. The van der Waals surface area contributed by atoms with Crippen molar-refractivity contribution in [2.24, 2.45) is 0 Å². The largest absolute Gasteiger partial charge is 0.382 e. The Morgan fingerprint density at radius 1 is 1.47 bits per heavy atom. The molecular weight excluding hydrogens is 348 g/mol. The molecule has 0 fully saturated rings. The molecule has 0 radical (unpaired) electrons. The summed E-state index contributed by atoms with van der Waals surface area (Å²) < 4.78 is 1.79. The van der Waals surface area contributed by atoms with Gasteiger partial charge in [-0.25, -0.2) is 0 Å². The Labute approximate surface area is 126 Å². The van der Waals surface area contributed by atoms with Crippen molar-refractivity contribution in [1.29, 1.82) is 0 Å². The molecule has 2 unspecified atom stereocenters. The summed E-state index contributed by atoms with van der Waals surface area (Å²) in [6.07, 6.45) is 0. The summed E-state index contributed by atoms with van der Waals surface area (Å²) in [7, 11) is 0. The van der Waals surface area contributed by atoms with Gasteiger partial charge in [-0.05, 0) is 22.8 Å². The van der Waals surface area contributed by atoms with Gasteiger partial charge in [-0.2, -0.15) is 0 Å². The minimum atomic E-state index is -0.136. The molecule has 0 aliphatic carbocycles. The van der Waals surface area contributed by atoms with Crippen LogP contribution in [0.25, 0.3) is 22.1 Å². The third-order valence-corrected chi connectivity index (χ3v) is 5.20. The first-order valence-electron chi connectivity index (χ1n) is 5.85. The van der Waals surface area contributed by atoms with E-state index in [-0.39, 0.29) is 10.3 Å². The smallest absolute Gasteiger partial charge is 0.317 e. The first-order chi connectivity index (χ1) is 9.24. The highest BCUT2D eigenvalue weighted by molar-refractivity contribution is 9.10. The van der Waals surface area contributed by atoms with Crippen LogP contribution in [0.15, 0.2) is 29.4 Å².